The van der Waals surface area contributed by atoms with E-state index in [0.29, 0.717) is 36.2 Å². The monoisotopic (exact) mass is 501 g/mol. The second kappa shape index (κ2) is 9.99. The van der Waals surface area contributed by atoms with E-state index in [1.54, 1.807) is 6.20 Å². The molecule has 37 heavy (non-hydrogen) atoms. The number of H-pyrrole nitrogens is 1. The number of carbonyl (C=O) groups excluding carboxylic acids is 1. The summed E-state index contributed by atoms with van der Waals surface area (Å²) in [6, 6.07) is 12.2. The summed E-state index contributed by atoms with van der Waals surface area (Å²) in [7, 11) is 0. The molecule has 2 aromatic heterocycles. The van der Waals surface area contributed by atoms with E-state index >= 15 is 0 Å². The molecular formula is C28H31N5O4. The highest BCUT2D eigenvalue weighted by atomic mass is 16.5. The van der Waals surface area contributed by atoms with Crippen molar-refractivity contribution in [2.24, 2.45) is 0 Å². The normalized spacial score (nSPS) is 16.9. The van der Waals surface area contributed by atoms with Crippen molar-refractivity contribution < 1.29 is 14.3 Å². The van der Waals surface area contributed by atoms with E-state index in [-0.39, 0.29) is 17.5 Å². The van der Waals surface area contributed by atoms with Crippen molar-refractivity contribution in [2.75, 3.05) is 44.4 Å². The van der Waals surface area contributed by atoms with Crippen LogP contribution in [0, 0.1) is 6.92 Å². The molecule has 2 aliphatic rings. The molecule has 2 aliphatic heterocycles. The maximum Gasteiger partial charge on any atom is 0.259 e. The number of hydrogen-bond donors (Lipinski definition) is 2. The van der Waals surface area contributed by atoms with E-state index in [1.165, 1.54) is 0 Å². The fraction of sp³-hybridized carbons (Fsp3) is 0.393. The number of rotatable bonds is 5. The van der Waals surface area contributed by atoms with Gasteiger partial charge < -0.3 is 24.7 Å². The molecular weight excluding hydrogens is 470 g/mol. The quantitative estimate of drug-likeness (QED) is 0.435. The number of morpholine rings is 1. The van der Waals surface area contributed by atoms with Gasteiger partial charge in [0.05, 0.1) is 41.9 Å². The zero-order chi connectivity index (χ0) is 25.4. The number of pyridine rings is 1. The molecule has 0 saturated carbocycles. The van der Waals surface area contributed by atoms with Crippen LogP contribution in [0.4, 0.5) is 5.69 Å². The van der Waals surface area contributed by atoms with Crippen molar-refractivity contribution in [3.63, 3.8) is 0 Å². The van der Waals surface area contributed by atoms with Gasteiger partial charge in [0.1, 0.15) is 0 Å². The van der Waals surface area contributed by atoms with Crippen LogP contribution in [0.25, 0.3) is 21.8 Å². The van der Waals surface area contributed by atoms with Crippen molar-refractivity contribution in [1.82, 2.24) is 20.1 Å². The summed E-state index contributed by atoms with van der Waals surface area (Å²) in [4.78, 5) is 31.4. The van der Waals surface area contributed by atoms with Crippen molar-refractivity contribution >= 4 is 33.4 Å². The van der Waals surface area contributed by atoms with Crippen LogP contribution in [0.1, 0.15) is 40.4 Å². The first-order chi connectivity index (χ1) is 18.1. The van der Waals surface area contributed by atoms with Gasteiger partial charge in [-0.2, -0.15) is 5.10 Å². The average Bonchev–Trinajstić information content (AvgIpc) is 3.39. The Morgan fingerprint density at radius 2 is 1.86 bits per heavy atom. The molecule has 0 radical (unpaired) electrons. The SMILES string of the molecule is Cc1cc2[nH]c(=O)c3cnn(C4CCOCC4)c3c2cc1C(=O)NCc1cccc(N2CCOCC2)c1. The minimum Gasteiger partial charge on any atom is -0.381 e. The lowest BCUT2D eigenvalue weighted by Crippen LogP contribution is -2.36. The molecule has 9 nitrogen and oxygen atoms in total. The molecule has 0 aliphatic carbocycles. The first-order valence-electron chi connectivity index (χ1n) is 12.9. The highest BCUT2D eigenvalue weighted by Crippen LogP contribution is 2.30. The third-order valence-corrected chi connectivity index (χ3v) is 7.43. The number of amides is 1. The lowest BCUT2D eigenvalue weighted by molar-refractivity contribution is 0.0675. The predicted molar refractivity (Wildman–Crippen MR) is 142 cm³/mol. The van der Waals surface area contributed by atoms with Crippen molar-refractivity contribution in [1.29, 1.82) is 0 Å². The molecule has 2 aromatic carbocycles. The molecule has 0 unspecified atom stereocenters. The fourth-order valence-electron chi connectivity index (χ4n) is 5.41. The number of nitrogens with one attached hydrogen (secondary N) is 2. The lowest BCUT2D eigenvalue weighted by atomic mass is 10.0. The molecule has 0 atom stereocenters. The van der Waals surface area contributed by atoms with E-state index in [4.69, 9.17) is 9.47 Å². The van der Waals surface area contributed by atoms with Crippen LogP contribution in [0.15, 0.2) is 47.4 Å². The van der Waals surface area contributed by atoms with Gasteiger partial charge in [-0.05, 0) is 55.2 Å². The van der Waals surface area contributed by atoms with Gasteiger partial charge in [-0.3, -0.25) is 14.3 Å². The van der Waals surface area contributed by atoms with Crippen LogP contribution in [0.5, 0.6) is 0 Å². The smallest absolute Gasteiger partial charge is 0.259 e. The Hall–Kier alpha value is -3.69. The highest BCUT2D eigenvalue weighted by Gasteiger charge is 2.22. The maximum absolute atomic E-state index is 13.3. The Labute approximate surface area is 214 Å². The number of ether oxygens (including phenoxy) is 2. The number of nitrogens with zero attached hydrogens (tertiary/aromatic N) is 3. The third-order valence-electron chi connectivity index (χ3n) is 7.43. The number of aromatic amines is 1. The standard InChI is InChI=1S/C28H31N5O4/c1-18-13-25-23(26-24(28(35)31-25)17-30-33(26)20-5-9-36-10-6-20)15-22(18)27(34)29-16-19-3-2-4-21(14-19)32-7-11-37-12-8-32/h2-4,13-15,17,20H,5-12,16H2,1H3,(H,29,34)(H,31,35). The molecule has 0 spiro atoms. The molecule has 192 valence electrons. The van der Waals surface area contributed by atoms with Gasteiger partial charge >= 0.3 is 0 Å². The molecule has 0 bridgehead atoms. The Morgan fingerprint density at radius 1 is 1.08 bits per heavy atom. The minimum atomic E-state index is -0.169. The Kier molecular flexibility index (Phi) is 6.40. The fourth-order valence-corrected chi connectivity index (χ4v) is 5.41. The van der Waals surface area contributed by atoms with Gasteiger partial charge in [-0.1, -0.05) is 12.1 Å². The van der Waals surface area contributed by atoms with Gasteiger partial charge in [0.2, 0.25) is 0 Å². The number of hydrogen-bond acceptors (Lipinski definition) is 6. The first kappa shape index (κ1) is 23.7. The third kappa shape index (κ3) is 4.60. The van der Waals surface area contributed by atoms with Crippen LogP contribution < -0.4 is 15.8 Å². The molecule has 4 aromatic rings. The molecule has 2 fully saturated rings. The number of benzene rings is 2. The summed E-state index contributed by atoms with van der Waals surface area (Å²) in [5.41, 5.74) is 4.89. The van der Waals surface area contributed by atoms with Crippen LogP contribution in [-0.2, 0) is 16.0 Å². The van der Waals surface area contributed by atoms with E-state index < -0.39 is 0 Å². The second-order valence-electron chi connectivity index (χ2n) is 9.81. The number of carbonyl (C=O) groups is 1. The minimum absolute atomic E-state index is 0.146. The number of fused-ring (bicyclic) bond motifs is 3. The van der Waals surface area contributed by atoms with Crippen molar-refractivity contribution in [3.8, 4) is 0 Å². The summed E-state index contributed by atoms with van der Waals surface area (Å²) in [6.07, 6.45) is 3.31. The van der Waals surface area contributed by atoms with Crippen LogP contribution in [0.3, 0.4) is 0 Å². The van der Waals surface area contributed by atoms with Gasteiger partial charge in [-0.15, -0.1) is 0 Å². The van der Waals surface area contributed by atoms with E-state index in [0.717, 1.165) is 66.9 Å². The van der Waals surface area contributed by atoms with Crippen molar-refractivity contribution in [3.05, 3.63) is 69.6 Å². The van der Waals surface area contributed by atoms with Gasteiger partial charge in [0, 0.05) is 49.5 Å². The van der Waals surface area contributed by atoms with Gasteiger partial charge in [0.15, 0.2) is 0 Å². The van der Waals surface area contributed by atoms with E-state index in [1.807, 2.05) is 35.9 Å². The van der Waals surface area contributed by atoms with Gasteiger partial charge in [-0.25, -0.2) is 0 Å². The topological polar surface area (TPSA) is 101 Å². The van der Waals surface area contributed by atoms with Crippen LogP contribution in [-0.4, -0.2) is 60.2 Å². The molecule has 6 rings (SSSR count). The van der Waals surface area contributed by atoms with E-state index in [9.17, 15) is 9.59 Å². The Morgan fingerprint density at radius 3 is 2.68 bits per heavy atom. The summed E-state index contributed by atoms with van der Waals surface area (Å²) in [6.45, 7) is 6.86. The molecule has 9 heteroatoms. The molecule has 2 saturated heterocycles. The van der Waals surface area contributed by atoms with Gasteiger partial charge in [0.25, 0.3) is 11.5 Å². The van der Waals surface area contributed by atoms with Crippen LogP contribution >= 0.6 is 0 Å². The Bertz CT molecular complexity index is 1510. The number of anilines is 1. The second-order valence-corrected chi connectivity index (χ2v) is 9.81. The largest absolute Gasteiger partial charge is 0.381 e. The maximum atomic E-state index is 13.3. The van der Waals surface area contributed by atoms with Crippen molar-refractivity contribution in [2.45, 2.75) is 32.4 Å². The lowest BCUT2D eigenvalue weighted by Gasteiger charge is -2.29. The molecule has 2 N–H and O–H groups in total. The average molecular weight is 502 g/mol. The van der Waals surface area contributed by atoms with E-state index in [2.05, 4.69) is 32.4 Å². The summed E-state index contributed by atoms with van der Waals surface area (Å²) >= 11 is 0. The zero-order valence-electron chi connectivity index (χ0n) is 21.0. The summed E-state index contributed by atoms with van der Waals surface area (Å²) in [5, 5.41) is 9.03. The summed E-state index contributed by atoms with van der Waals surface area (Å²) < 4.78 is 12.9. The zero-order valence-corrected chi connectivity index (χ0v) is 21.0. The molecule has 4 heterocycles. The summed E-state index contributed by atoms with van der Waals surface area (Å²) in [5.74, 6) is -0.146. The molecule has 1 amide bonds. The van der Waals surface area contributed by atoms with Crippen LogP contribution in [0.2, 0.25) is 0 Å². The Balaban J connectivity index is 1.30. The number of aryl methyl sites for hydroxylation is 1. The highest BCUT2D eigenvalue weighted by molar-refractivity contribution is 6.07. The first-order valence-corrected chi connectivity index (χ1v) is 12.9. The predicted octanol–water partition coefficient (Wildman–Crippen LogP) is 3.30. The number of aromatic nitrogens is 3.